The number of aryl methyl sites for hydroxylation is 1. The lowest BCUT2D eigenvalue weighted by atomic mass is 9.94. The maximum Gasteiger partial charge on any atom is 0.337 e. The number of hydrogen-bond donors (Lipinski definition) is 1. The highest BCUT2D eigenvalue weighted by Crippen LogP contribution is 2.43. The molecule has 178 valence electrons. The summed E-state index contributed by atoms with van der Waals surface area (Å²) in [5.41, 5.74) is 1.46. The quantitative estimate of drug-likeness (QED) is 0.252. The van der Waals surface area contributed by atoms with Gasteiger partial charge in [-0.05, 0) is 72.6 Å². The van der Waals surface area contributed by atoms with Gasteiger partial charge < -0.3 is 14.6 Å². The molecule has 0 bridgehead atoms. The molecule has 1 heterocycles. The van der Waals surface area contributed by atoms with Crippen molar-refractivity contribution >= 4 is 29.1 Å². The fourth-order valence-corrected chi connectivity index (χ4v) is 4.05. The van der Waals surface area contributed by atoms with Crippen molar-refractivity contribution in [3.05, 3.63) is 100 Å². The summed E-state index contributed by atoms with van der Waals surface area (Å²) in [6, 6.07) is 15.7. The molecule has 1 aliphatic rings. The van der Waals surface area contributed by atoms with Crippen LogP contribution >= 0.6 is 0 Å². The number of methoxy groups -OCH3 is 2. The van der Waals surface area contributed by atoms with Gasteiger partial charge in [-0.25, -0.2) is 9.18 Å². The lowest BCUT2D eigenvalue weighted by Gasteiger charge is -2.26. The molecule has 1 unspecified atom stereocenters. The van der Waals surface area contributed by atoms with Crippen LogP contribution in [0.4, 0.5) is 10.1 Å². The fraction of sp³-hybridized carbons (Fsp3) is 0.148. The summed E-state index contributed by atoms with van der Waals surface area (Å²) in [5.74, 6) is -2.69. The van der Waals surface area contributed by atoms with Crippen LogP contribution in [0.5, 0.6) is 5.75 Å². The first-order valence-electron chi connectivity index (χ1n) is 10.7. The van der Waals surface area contributed by atoms with Crippen molar-refractivity contribution in [2.45, 2.75) is 13.0 Å². The van der Waals surface area contributed by atoms with Crippen molar-refractivity contribution in [3.8, 4) is 5.75 Å². The summed E-state index contributed by atoms with van der Waals surface area (Å²) in [5, 5.41) is 11.2. The molecule has 1 amide bonds. The molecule has 3 aromatic rings. The van der Waals surface area contributed by atoms with E-state index >= 15 is 0 Å². The Kier molecular flexibility index (Phi) is 6.38. The fourth-order valence-electron chi connectivity index (χ4n) is 4.05. The van der Waals surface area contributed by atoms with E-state index in [4.69, 9.17) is 9.47 Å². The van der Waals surface area contributed by atoms with E-state index in [2.05, 4.69) is 0 Å². The van der Waals surface area contributed by atoms with Gasteiger partial charge in [-0.3, -0.25) is 14.5 Å². The number of benzene rings is 3. The van der Waals surface area contributed by atoms with E-state index in [9.17, 15) is 23.9 Å². The van der Waals surface area contributed by atoms with E-state index in [1.807, 2.05) is 0 Å². The molecule has 35 heavy (non-hydrogen) atoms. The molecule has 0 aromatic heterocycles. The number of nitrogens with zero attached hydrogens (tertiary/aromatic N) is 1. The highest BCUT2D eigenvalue weighted by Gasteiger charge is 2.47. The number of anilines is 1. The minimum atomic E-state index is -1.00. The number of rotatable bonds is 5. The Morgan fingerprint density at radius 3 is 2.29 bits per heavy atom. The lowest BCUT2D eigenvalue weighted by Crippen LogP contribution is -2.29. The Balaban J connectivity index is 1.92. The molecular formula is C27H22FNO6. The van der Waals surface area contributed by atoms with Crippen LogP contribution in [0.25, 0.3) is 5.76 Å². The molecule has 7 nitrogen and oxygen atoms in total. The lowest BCUT2D eigenvalue weighted by molar-refractivity contribution is -0.132. The number of carbonyl (C=O) groups excluding carboxylic acids is 3. The second kappa shape index (κ2) is 9.42. The van der Waals surface area contributed by atoms with Gasteiger partial charge in [0.25, 0.3) is 11.7 Å². The molecule has 0 radical (unpaired) electrons. The van der Waals surface area contributed by atoms with Crippen LogP contribution < -0.4 is 9.64 Å². The number of carbonyl (C=O) groups is 3. The SMILES string of the molecule is COC(=O)c1ccc(N2C(=O)C(=O)/C(=C(\O)c3ccc(F)c(C)c3)C2c2cccc(OC)c2)cc1. The van der Waals surface area contributed by atoms with Gasteiger partial charge in [0.2, 0.25) is 0 Å². The van der Waals surface area contributed by atoms with Gasteiger partial charge in [0.05, 0.1) is 31.4 Å². The second-order valence-electron chi connectivity index (χ2n) is 7.95. The van der Waals surface area contributed by atoms with E-state index in [0.717, 1.165) is 0 Å². The number of ketones is 1. The average Bonchev–Trinajstić information content (AvgIpc) is 3.15. The molecule has 4 rings (SSSR count). The van der Waals surface area contributed by atoms with Gasteiger partial charge in [-0.15, -0.1) is 0 Å². The first-order valence-corrected chi connectivity index (χ1v) is 10.7. The molecule has 1 atom stereocenters. The molecule has 1 aliphatic heterocycles. The number of amides is 1. The number of hydrogen-bond acceptors (Lipinski definition) is 6. The molecule has 1 saturated heterocycles. The molecule has 0 spiro atoms. The maximum atomic E-state index is 13.8. The zero-order valence-corrected chi connectivity index (χ0v) is 19.2. The van der Waals surface area contributed by atoms with Crippen LogP contribution in [0, 0.1) is 12.7 Å². The Bertz CT molecular complexity index is 1360. The van der Waals surface area contributed by atoms with Gasteiger partial charge >= 0.3 is 5.97 Å². The molecule has 3 aromatic carbocycles. The van der Waals surface area contributed by atoms with E-state index in [1.165, 1.54) is 68.5 Å². The summed E-state index contributed by atoms with van der Waals surface area (Å²) < 4.78 is 23.9. The summed E-state index contributed by atoms with van der Waals surface area (Å²) in [6.45, 7) is 1.53. The van der Waals surface area contributed by atoms with Crippen LogP contribution in [-0.4, -0.2) is 37.0 Å². The van der Waals surface area contributed by atoms with Gasteiger partial charge in [0.1, 0.15) is 17.3 Å². The van der Waals surface area contributed by atoms with Gasteiger partial charge in [-0.2, -0.15) is 0 Å². The normalized spacial score (nSPS) is 16.9. The molecule has 1 N–H and O–H groups in total. The van der Waals surface area contributed by atoms with Crippen LogP contribution in [0.15, 0.2) is 72.3 Å². The smallest absolute Gasteiger partial charge is 0.337 e. The minimum Gasteiger partial charge on any atom is -0.507 e. The number of ether oxygens (including phenoxy) is 2. The van der Waals surface area contributed by atoms with Crippen molar-refractivity contribution in [2.75, 3.05) is 19.1 Å². The summed E-state index contributed by atoms with van der Waals surface area (Å²) >= 11 is 0. The Morgan fingerprint density at radius 1 is 0.971 bits per heavy atom. The second-order valence-corrected chi connectivity index (χ2v) is 7.95. The first kappa shape index (κ1) is 23.7. The van der Waals surface area contributed by atoms with Crippen molar-refractivity contribution in [3.63, 3.8) is 0 Å². The molecule has 1 fully saturated rings. The van der Waals surface area contributed by atoms with Crippen molar-refractivity contribution in [2.24, 2.45) is 0 Å². The van der Waals surface area contributed by atoms with Crippen LogP contribution in [-0.2, 0) is 14.3 Å². The van der Waals surface area contributed by atoms with Gasteiger partial charge in [0, 0.05) is 11.3 Å². The van der Waals surface area contributed by atoms with E-state index in [0.29, 0.717) is 17.0 Å². The number of aliphatic hydroxyl groups is 1. The van der Waals surface area contributed by atoms with Crippen LogP contribution in [0.3, 0.4) is 0 Å². The predicted octanol–water partition coefficient (Wildman–Crippen LogP) is 4.56. The molecule has 8 heteroatoms. The third kappa shape index (κ3) is 4.26. The highest BCUT2D eigenvalue weighted by atomic mass is 19.1. The topological polar surface area (TPSA) is 93.1 Å². The Labute approximate surface area is 201 Å². The van der Waals surface area contributed by atoms with Crippen LogP contribution in [0.2, 0.25) is 0 Å². The molecule has 0 saturated carbocycles. The largest absolute Gasteiger partial charge is 0.507 e. The number of halogens is 1. The zero-order chi connectivity index (χ0) is 25.3. The number of Topliss-reactive ketones (excluding diaryl/α,β-unsaturated/α-hetero) is 1. The number of aliphatic hydroxyl groups excluding tert-OH is 1. The summed E-state index contributed by atoms with van der Waals surface area (Å²) in [7, 11) is 2.75. The van der Waals surface area contributed by atoms with Gasteiger partial charge in [0.15, 0.2) is 0 Å². The monoisotopic (exact) mass is 475 g/mol. The Morgan fingerprint density at radius 2 is 1.66 bits per heavy atom. The van der Waals surface area contributed by atoms with Gasteiger partial charge in [-0.1, -0.05) is 12.1 Å². The maximum absolute atomic E-state index is 13.8. The summed E-state index contributed by atoms with van der Waals surface area (Å²) in [6.07, 6.45) is 0. The van der Waals surface area contributed by atoms with Crippen molar-refractivity contribution in [1.82, 2.24) is 0 Å². The minimum absolute atomic E-state index is 0.147. The van der Waals surface area contributed by atoms with E-state index in [-0.39, 0.29) is 22.3 Å². The third-order valence-electron chi connectivity index (χ3n) is 5.85. The first-order chi connectivity index (χ1) is 16.8. The Hall–Kier alpha value is -4.46. The highest BCUT2D eigenvalue weighted by molar-refractivity contribution is 6.51. The average molecular weight is 475 g/mol. The third-order valence-corrected chi connectivity index (χ3v) is 5.85. The predicted molar refractivity (Wildman–Crippen MR) is 127 cm³/mol. The van der Waals surface area contributed by atoms with Crippen molar-refractivity contribution in [1.29, 1.82) is 0 Å². The molecular weight excluding hydrogens is 453 g/mol. The van der Waals surface area contributed by atoms with E-state index in [1.54, 1.807) is 24.3 Å². The summed E-state index contributed by atoms with van der Waals surface area (Å²) in [4.78, 5) is 39.5. The zero-order valence-electron chi connectivity index (χ0n) is 19.2. The van der Waals surface area contributed by atoms with Crippen LogP contribution in [0.1, 0.15) is 33.1 Å². The van der Waals surface area contributed by atoms with E-state index < -0.39 is 35.3 Å². The standard InChI is InChI=1S/C27H22FNO6/c1-15-13-18(9-12-21(15)28)24(30)22-23(17-5-4-6-20(14-17)34-2)29(26(32)25(22)31)19-10-7-16(8-11-19)27(33)35-3/h4-14,23,30H,1-3H3/b24-22-. The number of esters is 1. The van der Waals surface area contributed by atoms with Crippen molar-refractivity contribution < 1.29 is 33.4 Å². The molecule has 0 aliphatic carbocycles.